The maximum absolute atomic E-state index is 12.0. The van der Waals surface area contributed by atoms with Crippen LogP contribution in [0.2, 0.25) is 0 Å². The second kappa shape index (κ2) is 7.23. The number of hydrogen-bond acceptors (Lipinski definition) is 4. The Labute approximate surface area is 116 Å². The number of carbonyl (C=O) groups excluding carboxylic acids is 1. The van der Waals surface area contributed by atoms with Gasteiger partial charge in [0, 0.05) is 24.3 Å². The van der Waals surface area contributed by atoms with Crippen molar-refractivity contribution in [1.29, 1.82) is 0 Å². The van der Waals surface area contributed by atoms with E-state index in [1.54, 1.807) is 18.7 Å². The van der Waals surface area contributed by atoms with Gasteiger partial charge in [-0.1, -0.05) is 13.8 Å². The summed E-state index contributed by atoms with van der Waals surface area (Å²) in [4.78, 5) is 23.0. The number of thioether (sulfide) groups is 1. The van der Waals surface area contributed by atoms with E-state index in [2.05, 4.69) is 5.32 Å². The number of rotatable bonds is 7. The van der Waals surface area contributed by atoms with Gasteiger partial charge in [-0.15, -0.1) is 0 Å². The number of furan rings is 1. The Morgan fingerprint density at radius 2 is 2.16 bits per heavy atom. The van der Waals surface area contributed by atoms with Gasteiger partial charge in [0.15, 0.2) is 5.76 Å². The highest BCUT2D eigenvalue weighted by Crippen LogP contribution is 2.17. The minimum absolute atomic E-state index is 0.0607. The van der Waals surface area contributed by atoms with Gasteiger partial charge < -0.3 is 14.8 Å². The third-order valence-electron chi connectivity index (χ3n) is 2.78. The van der Waals surface area contributed by atoms with Crippen molar-refractivity contribution in [1.82, 2.24) is 5.32 Å². The zero-order chi connectivity index (χ0) is 14.4. The van der Waals surface area contributed by atoms with Gasteiger partial charge in [0.25, 0.3) is 5.91 Å². The maximum atomic E-state index is 12.0. The van der Waals surface area contributed by atoms with Crippen molar-refractivity contribution < 1.29 is 19.1 Å². The van der Waals surface area contributed by atoms with E-state index in [9.17, 15) is 9.59 Å². The number of amides is 1. The van der Waals surface area contributed by atoms with Crippen LogP contribution in [0.5, 0.6) is 0 Å². The van der Waals surface area contributed by atoms with Gasteiger partial charge in [-0.2, -0.15) is 11.8 Å². The fraction of sp³-hybridized carbons (Fsp3) is 0.538. The van der Waals surface area contributed by atoms with Crippen LogP contribution < -0.4 is 5.32 Å². The summed E-state index contributed by atoms with van der Waals surface area (Å²) in [5, 5.41) is 11.9. The Morgan fingerprint density at radius 3 is 2.58 bits per heavy atom. The van der Waals surface area contributed by atoms with E-state index in [-0.39, 0.29) is 23.3 Å². The van der Waals surface area contributed by atoms with Crippen LogP contribution in [-0.4, -0.2) is 35.0 Å². The van der Waals surface area contributed by atoms with Crippen LogP contribution in [-0.2, 0) is 6.42 Å². The third kappa shape index (κ3) is 4.02. The second-order valence-electron chi connectivity index (χ2n) is 4.14. The summed E-state index contributed by atoms with van der Waals surface area (Å²) in [6, 6.07) is 1.36. The van der Waals surface area contributed by atoms with Crippen molar-refractivity contribution in [2.45, 2.75) is 32.7 Å². The summed E-state index contributed by atoms with van der Waals surface area (Å²) in [6.07, 6.45) is 3.23. The number of nitrogens with one attached hydrogen (secondary N) is 1. The van der Waals surface area contributed by atoms with Crippen molar-refractivity contribution >= 4 is 23.6 Å². The van der Waals surface area contributed by atoms with Gasteiger partial charge in [0.05, 0.1) is 0 Å². The lowest BCUT2D eigenvalue weighted by Crippen LogP contribution is -2.35. The largest absolute Gasteiger partial charge is 0.478 e. The Balaban J connectivity index is 2.85. The zero-order valence-corrected chi connectivity index (χ0v) is 12.2. The molecular weight excluding hydrogens is 266 g/mol. The number of aromatic carboxylic acids is 1. The second-order valence-corrected chi connectivity index (χ2v) is 5.05. The van der Waals surface area contributed by atoms with Gasteiger partial charge in [-0.3, -0.25) is 4.79 Å². The first-order valence-corrected chi connectivity index (χ1v) is 7.58. The fourth-order valence-corrected chi connectivity index (χ4v) is 2.42. The van der Waals surface area contributed by atoms with Crippen LogP contribution in [0.15, 0.2) is 10.5 Å². The highest BCUT2D eigenvalue weighted by molar-refractivity contribution is 7.98. The maximum Gasteiger partial charge on any atom is 0.339 e. The van der Waals surface area contributed by atoms with Gasteiger partial charge in [0.1, 0.15) is 11.3 Å². The summed E-state index contributed by atoms with van der Waals surface area (Å²) < 4.78 is 5.31. The molecule has 0 aliphatic rings. The minimum Gasteiger partial charge on any atom is -0.478 e. The number of carbonyl (C=O) groups is 2. The van der Waals surface area contributed by atoms with E-state index in [1.165, 1.54) is 6.07 Å². The van der Waals surface area contributed by atoms with Crippen LogP contribution in [0.4, 0.5) is 0 Å². The normalized spacial score (nSPS) is 12.2. The molecule has 1 unspecified atom stereocenters. The molecule has 1 amide bonds. The van der Waals surface area contributed by atoms with Gasteiger partial charge in [-0.25, -0.2) is 4.79 Å². The molecule has 106 valence electrons. The molecule has 6 heteroatoms. The average molecular weight is 285 g/mol. The molecular formula is C13H19NO4S. The first-order chi connectivity index (χ1) is 9.03. The molecule has 1 atom stereocenters. The lowest BCUT2D eigenvalue weighted by Gasteiger charge is -2.14. The van der Waals surface area contributed by atoms with E-state index < -0.39 is 5.97 Å². The van der Waals surface area contributed by atoms with Crippen LogP contribution in [0.3, 0.4) is 0 Å². The predicted molar refractivity (Wildman–Crippen MR) is 75.0 cm³/mol. The molecule has 1 aromatic heterocycles. The lowest BCUT2D eigenvalue weighted by atomic mass is 10.2. The first kappa shape index (κ1) is 15.6. The van der Waals surface area contributed by atoms with Crippen LogP contribution in [0.1, 0.15) is 46.9 Å². The van der Waals surface area contributed by atoms with Crippen molar-refractivity contribution in [3.63, 3.8) is 0 Å². The third-order valence-corrected chi connectivity index (χ3v) is 3.52. The minimum atomic E-state index is -1.07. The quantitative estimate of drug-likeness (QED) is 0.804. The molecule has 0 aliphatic carbocycles. The summed E-state index contributed by atoms with van der Waals surface area (Å²) in [7, 11) is 0. The van der Waals surface area contributed by atoms with Crippen molar-refractivity contribution in [3.8, 4) is 0 Å². The Kier molecular flexibility index (Phi) is 5.95. The van der Waals surface area contributed by atoms with E-state index >= 15 is 0 Å². The summed E-state index contributed by atoms with van der Waals surface area (Å²) in [6.45, 7) is 3.78. The Hall–Kier alpha value is -1.43. The molecule has 0 aliphatic heterocycles. The molecule has 0 saturated heterocycles. The molecule has 0 saturated carbocycles. The molecule has 0 spiro atoms. The molecule has 2 N–H and O–H groups in total. The molecule has 0 aromatic carbocycles. The van der Waals surface area contributed by atoms with E-state index in [1.807, 2.05) is 13.2 Å². The predicted octanol–water partition coefficient (Wildman–Crippen LogP) is 2.41. The molecule has 1 rings (SSSR count). The van der Waals surface area contributed by atoms with Gasteiger partial charge in [0.2, 0.25) is 0 Å². The lowest BCUT2D eigenvalue weighted by molar-refractivity contribution is 0.0694. The van der Waals surface area contributed by atoms with Crippen LogP contribution >= 0.6 is 11.8 Å². The van der Waals surface area contributed by atoms with Crippen molar-refractivity contribution in [2.75, 3.05) is 12.0 Å². The topological polar surface area (TPSA) is 79.5 Å². The van der Waals surface area contributed by atoms with Crippen molar-refractivity contribution in [3.05, 3.63) is 23.2 Å². The van der Waals surface area contributed by atoms with Crippen molar-refractivity contribution in [2.24, 2.45) is 0 Å². The summed E-state index contributed by atoms with van der Waals surface area (Å²) in [5.41, 5.74) is 0.0607. The highest BCUT2D eigenvalue weighted by atomic mass is 32.2. The van der Waals surface area contributed by atoms with E-state index in [4.69, 9.17) is 9.52 Å². The van der Waals surface area contributed by atoms with Gasteiger partial charge in [-0.05, 0) is 12.7 Å². The monoisotopic (exact) mass is 285 g/mol. The molecule has 19 heavy (non-hydrogen) atoms. The van der Waals surface area contributed by atoms with E-state index in [0.717, 1.165) is 12.2 Å². The summed E-state index contributed by atoms with van der Waals surface area (Å²) in [5.74, 6) is -0.224. The SMILES string of the molecule is CCc1oc(C(=O)NC(CC)CSC)cc1C(=O)O. The summed E-state index contributed by atoms with van der Waals surface area (Å²) >= 11 is 1.65. The first-order valence-electron chi connectivity index (χ1n) is 6.19. The molecule has 0 fully saturated rings. The zero-order valence-electron chi connectivity index (χ0n) is 11.4. The molecule has 0 bridgehead atoms. The Bertz CT molecular complexity index is 455. The highest BCUT2D eigenvalue weighted by Gasteiger charge is 2.21. The average Bonchev–Trinajstić information content (AvgIpc) is 2.82. The number of aryl methyl sites for hydroxylation is 1. The Morgan fingerprint density at radius 1 is 1.47 bits per heavy atom. The number of carboxylic acids is 1. The fourth-order valence-electron chi connectivity index (χ4n) is 1.70. The smallest absolute Gasteiger partial charge is 0.339 e. The molecule has 5 nitrogen and oxygen atoms in total. The number of hydrogen-bond donors (Lipinski definition) is 2. The molecule has 0 radical (unpaired) electrons. The van der Waals surface area contributed by atoms with Crippen LogP contribution in [0.25, 0.3) is 0 Å². The van der Waals surface area contributed by atoms with Gasteiger partial charge >= 0.3 is 5.97 Å². The standard InChI is InChI=1S/C13H19NO4S/c1-4-8(7-19-3)14-12(15)11-6-9(13(16)17)10(5-2)18-11/h6,8H,4-5,7H2,1-3H3,(H,14,15)(H,16,17). The molecule has 1 aromatic rings. The number of carboxylic acid groups (broad SMARTS) is 1. The molecule has 1 heterocycles. The van der Waals surface area contributed by atoms with Crippen LogP contribution in [0, 0.1) is 0 Å². The van der Waals surface area contributed by atoms with E-state index in [0.29, 0.717) is 12.2 Å².